The molecule has 0 saturated carbocycles. The lowest BCUT2D eigenvalue weighted by Crippen LogP contribution is -2.37. The van der Waals surface area contributed by atoms with Gasteiger partial charge in [-0.3, -0.25) is 9.78 Å². The van der Waals surface area contributed by atoms with Crippen molar-refractivity contribution < 1.29 is 9.53 Å². The topological polar surface area (TPSA) is 79.4 Å². The number of amides is 1. The number of thiazole rings is 1. The number of nitrogens with zero attached hydrogens (tertiary/aromatic N) is 3. The molecule has 0 bridgehead atoms. The number of aryl methyl sites for hydroxylation is 1. The Morgan fingerprint density at radius 3 is 2.76 bits per heavy atom. The molecule has 0 atom stereocenters. The number of hydrogen-bond acceptors (Lipinski definition) is 7. The first-order valence-corrected chi connectivity index (χ1v) is 12.0. The first-order valence-electron chi connectivity index (χ1n) is 11.1. The van der Waals surface area contributed by atoms with Gasteiger partial charge >= 0.3 is 0 Å². The highest BCUT2D eigenvalue weighted by Gasteiger charge is 2.19. The highest BCUT2D eigenvalue weighted by Crippen LogP contribution is 2.30. The number of morpholine rings is 1. The van der Waals surface area contributed by atoms with Gasteiger partial charge in [0, 0.05) is 53.5 Å². The molecule has 0 aliphatic carbocycles. The van der Waals surface area contributed by atoms with Crippen LogP contribution in [0, 0.1) is 6.92 Å². The number of rotatable bonds is 6. The summed E-state index contributed by atoms with van der Waals surface area (Å²) < 4.78 is 5.46. The maximum absolute atomic E-state index is 13.2. The average Bonchev–Trinajstić information content (AvgIpc) is 3.36. The summed E-state index contributed by atoms with van der Waals surface area (Å²) in [5.41, 5.74) is 6.11. The van der Waals surface area contributed by atoms with Crippen LogP contribution < -0.4 is 15.5 Å². The van der Waals surface area contributed by atoms with E-state index in [2.05, 4.69) is 25.5 Å². The van der Waals surface area contributed by atoms with Crippen molar-refractivity contribution in [2.24, 2.45) is 0 Å². The van der Waals surface area contributed by atoms with Crippen LogP contribution in [0.1, 0.15) is 15.9 Å². The van der Waals surface area contributed by atoms with Gasteiger partial charge in [-0.15, -0.1) is 11.3 Å². The van der Waals surface area contributed by atoms with Gasteiger partial charge in [-0.1, -0.05) is 18.2 Å². The molecular formula is C26H25N5O2S. The fourth-order valence-corrected chi connectivity index (χ4v) is 4.60. The zero-order valence-corrected chi connectivity index (χ0v) is 19.6. The largest absolute Gasteiger partial charge is 0.378 e. The third-order valence-electron chi connectivity index (χ3n) is 5.70. The summed E-state index contributed by atoms with van der Waals surface area (Å²) in [5.74, 6) is -0.134. The lowest BCUT2D eigenvalue weighted by atomic mass is 10.1. The molecule has 1 aliphatic heterocycles. The Morgan fingerprint density at radius 2 is 1.94 bits per heavy atom. The van der Waals surface area contributed by atoms with E-state index in [9.17, 15) is 4.79 Å². The molecule has 4 aromatic rings. The van der Waals surface area contributed by atoms with Gasteiger partial charge in [0.25, 0.3) is 5.91 Å². The summed E-state index contributed by atoms with van der Waals surface area (Å²) >= 11 is 1.53. The summed E-state index contributed by atoms with van der Waals surface area (Å²) in [4.78, 5) is 24.2. The molecular weight excluding hydrogens is 446 g/mol. The third-order valence-corrected chi connectivity index (χ3v) is 6.46. The lowest BCUT2D eigenvalue weighted by Gasteiger charge is -2.30. The fourth-order valence-electron chi connectivity index (χ4n) is 3.87. The number of hydrogen-bond donors (Lipinski definition) is 2. The van der Waals surface area contributed by atoms with Crippen molar-refractivity contribution in [1.82, 2.24) is 9.97 Å². The van der Waals surface area contributed by atoms with Crippen LogP contribution in [0.15, 0.2) is 72.4 Å². The van der Waals surface area contributed by atoms with Crippen molar-refractivity contribution in [1.29, 1.82) is 0 Å². The number of carbonyl (C=O) groups is 1. The smallest absolute Gasteiger partial charge is 0.257 e. The molecule has 8 heteroatoms. The minimum absolute atomic E-state index is 0.134. The Bertz CT molecular complexity index is 1290. The summed E-state index contributed by atoms with van der Waals surface area (Å²) in [6.45, 7) is 4.91. The second-order valence-electron chi connectivity index (χ2n) is 8.00. The van der Waals surface area contributed by atoms with Crippen molar-refractivity contribution in [3.8, 4) is 11.3 Å². The van der Waals surface area contributed by atoms with Gasteiger partial charge in [0.2, 0.25) is 0 Å². The molecule has 2 N–H and O–H groups in total. The normalized spacial score (nSPS) is 13.5. The first-order chi connectivity index (χ1) is 16.7. The van der Waals surface area contributed by atoms with E-state index in [0.29, 0.717) is 18.8 Å². The maximum atomic E-state index is 13.2. The molecule has 172 valence electrons. The molecule has 1 amide bonds. The fraction of sp³-hybridized carbons (Fsp3) is 0.192. The highest BCUT2D eigenvalue weighted by atomic mass is 32.1. The number of pyridine rings is 1. The van der Waals surface area contributed by atoms with Crippen LogP contribution in [0.5, 0.6) is 0 Å². The maximum Gasteiger partial charge on any atom is 0.257 e. The van der Waals surface area contributed by atoms with Crippen LogP contribution in [0.2, 0.25) is 0 Å². The predicted octanol–water partition coefficient (Wildman–Crippen LogP) is 5.35. The summed E-state index contributed by atoms with van der Waals surface area (Å²) in [6, 6.07) is 17.4. The van der Waals surface area contributed by atoms with E-state index in [1.165, 1.54) is 11.3 Å². The molecule has 2 aromatic heterocycles. The molecule has 3 heterocycles. The van der Waals surface area contributed by atoms with Gasteiger partial charge in [0.1, 0.15) is 0 Å². The number of anilines is 4. The number of benzene rings is 2. The quantitative estimate of drug-likeness (QED) is 0.395. The molecule has 7 nitrogen and oxygen atoms in total. The number of carbonyl (C=O) groups excluding carboxylic acids is 1. The first kappa shape index (κ1) is 22.1. The molecule has 1 fully saturated rings. The van der Waals surface area contributed by atoms with Crippen LogP contribution >= 0.6 is 11.3 Å². The minimum Gasteiger partial charge on any atom is -0.378 e. The second-order valence-corrected chi connectivity index (χ2v) is 8.86. The van der Waals surface area contributed by atoms with Crippen molar-refractivity contribution in [3.63, 3.8) is 0 Å². The average molecular weight is 472 g/mol. The summed E-state index contributed by atoms with van der Waals surface area (Å²) in [5, 5.41) is 9.24. The molecule has 34 heavy (non-hydrogen) atoms. The number of aromatic nitrogens is 2. The number of para-hydroxylation sites is 1. The van der Waals surface area contributed by atoms with E-state index >= 15 is 0 Å². The van der Waals surface area contributed by atoms with Gasteiger partial charge < -0.3 is 20.3 Å². The molecule has 2 aromatic carbocycles. The van der Waals surface area contributed by atoms with Crippen molar-refractivity contribution in [2.45, 2.75) is 6.92 Å². The van der Waals surface area contributed by atoms with Crippen LogP contribution in [0.3, 0.4) is 0 Å². The predicted molar refractivity (Wildman–Crippen MR) is 137 cm³/mol. The van der Waals surface area contributed by atoms with Crippen LogP contribution in [-0.2, 0) is 4.74 Å². The monoisotopic (exact) mass is 471 g/mol. The Balaban J connectivity index is 1.33. The van der Waals surface area contributed by atoms with E-state index in [0.717, 1.165) is 52.1 Å². The molecule has 0 unspecified atom stereocenters. The Kier molecular flexibility index (Phi) is 6.51. The SMILES string of the molecule is Cc1ccc(NC(=O)c2ccccc2N2CCOCC2)cc1Nc1nc(-c2cccnc2)cs1. The van der Waals surface area contributed by atoms with Gasteiger partial charge in [-0.05, 0) is 48.9 Å². The van der Waals surface area contributed by atoms with Gasteiger partial charge in [-0.25, -0.2) is 4.98 Å². The summed E-state index contributed by atoms with van der Waals surface area (Å²) in [7, 11) is 0. The number of nitrogens with one attached hydrogen (secondary N) is 2. The zero-order chi connectivity index (χ0) is 23.3. The standard InChI is InChI=1S/C26H25N5O2S/c1-18-8-9-20(15-22(18)29-26-30-23(17-34-26)19-5-4-10-27-16-19)28-25(32)21-6-2-3-7-24(21)31-11-13-33-14-12-31/h2-10,15-17H,11-14H2,1H3,(H,28,32)(H,29,30). The zero-order valence-electron chi connectivity index (χ0n) is 18.8. The van der Waals surface area contributed by atoms with Crippen LogP contribution in [0.4, 0.5) is 22.2 Å². The van der Waals surface area contributed by atoms with Crippen LogP contribution in [-0.4, -0.2) is 42.2 Å². The molecule has 5 rings (SSSR count). The van der Waals surface area contributed by atoms with Gasteiger partial charge in [0.15, 0.2) is 5.13 Å². The minimum atomic E-state index is -0.134. The number of ether oxygens (including phenoxy) is 1. The van der Waals surface area contributed by atoms with Gasteiger partial charge in [-0.2, -0.15) is 0 Å². The molecule has 1 saturated heterocycles. The second kappa shape index (κ2) is 10.0. The molecule has 1 aliphatic rings. The van der Waals surface area contributed by atoms with Crippen molar-refractivity contribution >= 4 is 39.4 Å². The Morgan fingerprint density at radius 1 is 1.09 bits per heavy atom. The van der Waals surface area contributed by atoms with Gasteiger partial charge in [0.05, 0.1) is 24.5 Å². The molecule has 0 radical (unpaired) electrons. The lowest BCUT2D eigenvalue weighted by molar-refractivity contribution is 0.102. The van der Waals surface area contributed by atoms with E-state index in [4.69, 9.17) is 4.74 Å². The van der Waals surface area contributed by atoms with Crippen LogP contribution in [0.25, 0.3) is 11.3 Å². The van der Waals surface area contributed by atoms with E-state index in [1.54, 1.807) is 12.4 Å². The highest BCUT2D eigenvalue weighted by molar-refractivity contribution is 7.14. The van der Waals surface area contributed by atoms with E-state index in [-0.39, 0.29) is 5.91 Å². The van der Waals surface area contributed by atoms with E-state index < -0.39 is 0 Å². The van der Waals surface area contributed by atoms with E-state index in [1.807, 2.05) is 66.9 Å². The molecule has 0 spiro atoms. The Hall–Kier alpha value is -3.75. The third kappa shape index (κ3) is 4.93. The Labute approximate surface area is 202 Å². The summed E-state index contributed by atoms with van der Waals surface area (Å²) in [6.07, 6.45) is 3.55. The van der Waals surface area contributed by atoms with Crippen molar-refractivity contribution in [3.05, 3.63) is 83.5 Å². The van der Waals surface area contributed by atoms with Crippen molar-refractivity contribution in [2.75, 3.05) is 41.8 Å².